The Morgan fingerprint density at radius 1 is 1.09 bits per heavy atom. The van der Waals surface area contributed by atoms with E-state index >= 15 is 0 Å². The van der Waals surface area contributed by atoms with Gasteiger partial charge < -0.3 is 15.0 Å². The first kappa shape index (κ1) is 22.8. The summed E-state index contributed by atoms with van der Waals surface area (Å²) in [5, 5.41) is 14.7. The van der Waals surface area contributed by atoms with Gasteiger partial charge in [-0.15, -0.1) is 0 Å². The van der Waals surface area contributed by atoms with Gasteiger partial charge in [-0.05, 0) is 63.6 Å². The molecule has 0 bridgehead atoms. The summed E-state index contributed by atoms with van der Waals surface area (Å²) in [7, 11) is 0. The first-order valence-electron chi connectivity index (χ1n) is 11.3. The van der Waals surface area contributed by atoms with Crippen LogP contribution in [-0.4, -0.2) is 39.5 Å². The number of nitrogens with one attached hydrogen (secondary N) is 1. The van der Waals surface area contributed by atoms with Gasteiger partial charge in [-0.25, -0.2) is 4.79 Å². The van der Waals surface area contributed by atoms with Crippen LogP contribution in [0.1, 0.15) is 62.4 Å². The molecular weight excluding hydrogens is 422 g/mol. The number of nitrogens with zero attached hydrogens (tertiary/aromatic N) is 2. The van der Waals surface area contributed by atoms with Crippen molar-refractivity contribution >= 4 is 17.7 Å². The Balaban J connectivity index is 1.46. The van der Waals surface area contributed by atoms with Gasteiger partial charge in [0.15, 0.2) is 0 Å². The van der Waals surface area contributed by atoms with Gasteiger partial charge in [-0.3, -0.25) is 14.9 Å². The molecule has 2 aliphatic rings. The molecule has 2 amide bonds. The van der Waals surface area contributed by atoms with Crippen molar-refractivity contribution in [1.29, 1.82) is 0 Å². The summed E-state index contributed by atoms with van der Waals surface area (Å²) in [5.41, 5.74) is 1.87. The molecule has 1 saturated carbocycles. The van der Waals surface area contributed by atoms with E-state index in [0.717, 1.165) is 25.7 Å². The summed E-state index contributed by atoms with van der Waals surface area (Å²) in [5.74, 6) is -0.0827. The number of ether oxygens (including phenoxy) is 1. The van der Waals surface area contributed by atoms with E-state index in [4.69, 9.17) is 4.74 Å². The van der Waals surface area contributed by atoms with Crippen LogP contribution in [0.5, 0.6) is 0 Å². The number of hydrogen-bond donors (Lipinski definition) is 1. The lowest BCUT2D eigenvalue weighted by atomic mass is 9.90. The highest BCUT2D eigenvalue weighted by Crippen LogP contribution is 2.38. The van der Waals surface area contributed by atoms with Crippen molar-refractivity contribution < 1.29 is 19.2 Å². The van der Waals surface area contributed by atoms with E-state index in [1.54, 1.807) is 12.1 Å². The average Bonchev–Trinajstić information content (AvgIpc) is 3.08. The predicted molar refractivity (Wildman–Crippen MR) is 124 cm³/mol. The molecule has 1 heterocycles. The maximum atomic E-state index is 13.2. The monoisotopic (exact) mass is 451 g/mol. The quantitative estimate of drug-likeness (QED) is 0.517. The van der Waals surface area contributed by atoms with Gasteiger partial charge in [0, 0.05) is 30.3 Å². The van der Waals surface area contributed by atoms with Crippen molar-refractivity contribution in [2.75, 3.05) is 0 Å². The van der Waals surface area contributed by atoms with Crippen molar-refractivity contribution in [3.05, 3.63) is 63.7 Å². The summed E-state index contributed by atoms with van der Waals surface area (Å²) in [6.07, 6.45) is 2.59. The summed E-state index contributed by atoms with van der Waals surface area (Å²) >= 11 is 0. The lowest BCUT2D eigenvalue weighted by Gasteiger charge is -2.35. The van der Waals surface area contributed by atoms with Crippen LogP contribution in [0.4, 0.5) is 10.5 Å². The largest absolute Gasteiger partial charge is 0.444 e. The van der Waals surface area contributed by atoms with E-state index < -0.39 is 11.7 Å². The summed E-state index contributed by atoms with van der Waals surface area (Å²) < 4.78 is 5.33. The Labute approximate surface area is 193 Å². The zero-order chi connectivity index (χ0) is 23.8. The van der Waals surface area contributed by atoms with Gasteiger partial charge in [-0.2, -0.15) is 0 Å². The van der Waals surface area contributed by atoms with Crippen molar-refractivity contribution in [1.82, 2.24) is 10.2 Å². The minimum absolute atomic E-state index is 0.0138. The molecule has 1 fully saturated rings. The zero-order valence-electron chi connectivity index (χ0n) is 19.2. The van der Waals surface area contributed by atoms with Crippen LogP contribution in [0.25, 0.3) is 11.1 Å². The maximum absolute atomic E-state index is 13.2. The van der Waals surface area contributed by atoms with Crippen molar-refractivity contribution in [3.8, 4) is 11.1 Å². The van der Waals surface area contributed by atoms with Crippen molar-refractivity contribution in [2.24, 2.45) is 0 Å². The number of rotatable bonds is 4. The molecule has 0 radical (unpaired) electrons. The number of nitro groups is 1. The van der Waals surface area contributed by atoms with Crippen LogP contribution < -0.4 is 5.32 Å². The number of amides is 2. The second-order valence-corrected chi connectivity index (χ2v) is 9.73. The molecule has 0 spiro atoms. The SMILES string of the molecule is CC(C)(C)OC(=O)NC1CCC(N2Cc3cc([N+](=O)[O-])c(-c4ccccc4)cc3C2=O)CC1. The smallest absolute Gasteiger partial charge is 0.407 e. The van der Waals surface area contributed by atoms with Gasteiger partial charge in [0.05, 0.1) is 10.5 Å². The van der Waals surface area contributed by atoms with Crippen LogP contribution in [-0.2, 0) is 11.3 Å². The Morgan fingerprint density at radius 2 is 1.76 bits per heavy atom. The Kier molecular flexibility index (Phi) is 6.10. The molecule has 2 aromatic rings. The van der Waals surface area contributed by atoms with Crippen molar-refractivity contribution in [3.63, 3.8) is 0 Å². The molecule has 8 nitrogen and oxygen atoms in total. The van der Waals surface area contributed by atoms with E-state index in [1.807, 2.05) is 56.0 Å². The Bertz CT molecular complexity index is 1070. The van der Waals surface area contributed by atoms with E-state index in [0.29, 0.717) is 28.8 Å². The third-order valence-corrected chi connectivity index (χ3v) is 6.19. The van der Waals surface area contributed by atoms with Crippen LogP contribution >= 0.6 is 0 Å². The molecule has 0 saturated heterocycles. The third-order valence-electron chi connectivity index (χ3n) is 6.19. The zero-order valence-corrected chi connectivity index (χ0v) is 19.2. The second-order valence-electron chi connectivity index (χ2n) is 9.73. The van der Waals surface area contributed by atoms with Crippen molar-refractivity contribution in [2.45, 2.75) is 70.7 Å². The predicted octanol–water partition coefficient (Wildman–Crippen LogP) is 5.05. The summed E-state index contributed by atoms with van der Waals surface area (Å²) in [4.78, 5) is 38.5. The molecule has 0 aromatic heterocycles. The highest BCUT2D eigenvalue weighted by Gasteiger charge is 2.37. The Morgan fingerprint density at radius 3 is 2.36 bits per heavy atom. The van der Waals surface area contributed by atoms with E-state index in [9.17, 15) is 19.7 Å². The molecule has 4 rings (SSSR count). The fourth-order valence-corrected chi connectivity index (χ4v) is 4.67. The van der Waals surface area contributed by atoms with Gasteiger partial charge >= 0.3 is 6.09 Å². The minimum atomic E-state index is -0.545. The lowest BCUT2D eigenvalue weighted by molar-refractivity contribution is -0.384. The molecule has 8 heteroatoms. The number of nitro benzene ring substituents is 1. The molecule has 1 aliphatic carbocycles. The van der Waals surface area contributed by atoms with Gasteiger partial charge in [0.1, 0.15) is 5.60 Å². The van der Waals surface area contributed by atoms with Crippen LogP contribution in [0.15, 0.2) is 42.5 Å². The van der Waals surface area contributed by atoms with Gasteiger partial charge in [0.25, 0.3) is 11.6 Å². The van der Waals surface area contributed by atoms with Crippen LogP contribution in [0.3, 0.4) is 0 Å². The average molecular weight is 452 g/mol. The molecule has 33 heavy (non-hydrogen) atoms. The molecule has 1 aliphatic heterocycles. The standard InChI is InChI=1S/C25H29N3O5/c1-25(2,3)33-24(30)26-18-9-11-19(12-10-18)27-15-17-13-22(28(31)32)20(14-21(17)23(27)29)16-7-5-4-6-8-16/h4-8,13-14,18-19H,9-12,15H2,1-3H3,(H,26,30). The summed E-state index contributed by atoms with van der Waals surface area (Å²) in [6.45, 7) is 5.86. The molecule has 2 aromatic carbocycles. The molecule has 1 N–H and O–H groups in total. The number of benzene rings is 2. The van der Waals surface area contributed by atoms with E-state index in [2.05, 4.69) is 5.32 Å². The van der Waals surface area contributed by atoms with Gasteiger partial charge in [-0.1, -0.05) is 30.3 Å². The van der Waals surface area contributed by atoms with Crippen LogP contribution in [0, 0.1) is 10.1 Å². The number of hydrogen-bond acceptors (Lipinski definition) is 5. The normalized spacial score (nSPS) is 20.3. The summed E-state index contributed by atoms with van der Waals surface area (Å²) in [6, 6.07) is 12.4. The number of alkyl carbamates (subject to hydrolysis) is 1. The third kappa shape index (κ3) is 4.99. The highest BCUT2D eigenvalue weighted by molar-refractivity contribution is 6.00. The first-order valence-corrected chi connectivity index (χ1v) is 11.3. The fraction of sp³-hybridized carbons (Fsp3) is 0.440. The molecule has 0 atom stereocenters. The lowest BCUT2D eigenvalue weighted by Crippen LogP contribution is -2.45. The van der Waals surface area contributed by atoms with Crippen LogP contribution in [0.2, 0.25) is 0 Å². The Hall–Kier alpha value is -3.42. The maximum Gasteiger partial charge on any atom is 0.407 e. The number of carbonyl (C=O) groups excluding carboxylic acids is 2. The minimum Gasteiger partial charge on any atom is -0.444 e. The molecule has 0 unspecified atom stereocenters. The van der Waals surface area contributed by atoms with E-state index in [1.165, 1.54) is 0 Å². The highest BCUT2D eigenvalue weighted by atomic mass is 16.6. The molecular formula is C25H29N3O5. The topological polar surface area (TPSA) is 102 Å². The second kappa shape index (κ2) is 8.84. The number of fused-ring (bicyclic) bond motifs is 1. The van der Waals surface area contributed by atoms with Gasteiger partial charge in [0.2, 0.25) is 0 Å². The fourth-order valence-electron chi connectivity index (χ4n) is 4.67. The number of carbonyl (C=O) groups is 2. The van der Waals surface area contributed by atoms with E-state index in [-0.39, 0.29) is 28.6 Å². The first-order chi connectivity index (χ1) is 15.6. The molecule has 174 valence electrons.